The number of rotatable bonds is 3. The molecule has 1 aromatic heterocycles. The molecule has 1 aliphatic rings. The van der Waals surface area contributed by atoms with E-state index in [0.717, 1.165) is 0 Å². The Morgan fingerprint density at radius 1 is 1.46 bits per heavy atom. The highest BCUT2D eigenvalue weighted by atomic mass is 35.5. The predicted octanol–water partition coefficient (Wildman–Crippen LogP) is 2.93. The molecule has 26 heavy (non-hydrogen) atoms. The molecule has 1 unspecified atom stereocenters. The summed E-state index contributed by atoms with van der Waals surface area (Å²) in [6.45, 7) is 3.51. The average Bonchev–Trinajstić information content (AvgIpc) is 2.61. The first kappa shape index (κ1) is 17.7. The van der Waals surface area contributed by atoms with Crippen LogP contribution in [-0.4, -0.2) is 22.5 Å². The maximum atomic E-state index is 12.5. The van der Waals surface area contributed by atoms with Crippen molar-refractivity contribution in [3.05, 3.63) is 58.0 Å². The monoisotopic (exact) mass is 370 g/mol. The molecule has 0 amide bonds. The number of ether oxygens (including phenoxy) is 2. The third kappa shape index (κ3) is 2.95. The number of hydrogen-bond acceptors (Lipinski definition) is 7. The number of hydrogen-bond donors (Lipinski definition) is 1. The molecule has 1 aliphatic heterocycles. The van der Waals surface area contributed by atoms with E-state index in [-0.39, 0.29) is 28.8 Å². The van der Waals surface area contributed by atoms with E-state index in [9.17, 15) is 10.1 Å². The van der Waals surface area contributed by atoms with Gasteiger partial charge in [-0.2, -0.15) is 5.26 Å². The Morgan fingerprint density at radius 2 is 2.23 bits per heavy atom. The zero-order valence-corrected chi connectivity index (χ0v) is 14.9. The standard InChI is InChI=1S/C18H15ClN4O3/c1-3-25-18(24)14-9(2)26-17(21)12(7-20)15(14)10-4-5-13-11(6-10)16(19)23-8-22-13/h4-6,8,15H,3,21H2,1-2H3. The minimum atomic E-state index is -0.728. The molecule has 1 aromatic carbocycles. The van der Waals surface area contributed by atoms with Crippen molar-refractivity contribution >= 4 is 28.5 Å². The molecule has 0 aliphatic carbocycles. The van der Waals surface area contributed by atoms with Gasteiger partial charge in [0.25, 0.3) is 0 Å². The number of halogens is 1. The molecule has 0 radical (unpaired) electrons. The fourth-order valence-corrected chi connectivity index (χ4v) is 3.11. The summed E-state index contributed by atoms with van der Waals surface area (Å²) < 4.78 is 10.5. The van der Waals surface area contributed by atoms with E-state index in [4.69, 9.17) is 26.8 Å². The molecule has 1 atom stereocenters. The Hall–Kier alpha value is -3.11. The van der Waals surface area contributed by atoms with Gasteiger partial charge in [0.05, 0.1) is 23.6 Å². The highest BCUT2D eigenvalue weighted by Gasteiger charge is 2.36. The van der Waals surface area contributed by atoms with E-state index < -0.39 is 11.9 Å². The van der Waals surface area contributed by atoms with Gasteiger partial charge in [-0.15, -0.1) is 0 Å². The number of carbonyl (C=O) groups is 1. The van der Waals surface area contributed by atoms with Crippen LogP contribution >= 0.6 is 11.6 Å². The van der Waals surface area contributed by atoms with Crippen LogP contribution in [-0.2, 0) is 14.3 Å². The van der Waals surface area contributed by atoms with Gasteiger partial charge in [0, 0.05) is 5.39 Å². The predicted molar refractivity (Wildman–Crippen MR) is 94.5 cm³/mol. The van der Waals surface area contributed by atoms with Gasteiger partial charge in [-0.1, -0.05) is 17.7 Å². The fourth-order valence-electron chi connectivity index (χ4n) is 2.91. The quantitative estimate of drug-likeness (QED) is 0.653. The summed E-state index contributed by atoms with van der Waals surface area (Å²) in [5.74, 6) is -1.04. The summed E-state index contributed by atoms with van der Waals surface area (Å²) in [4.78, 5) is 20.6. The van der Waals surface area contributed by atoms with Crippen molar-refractivity contribution in [3.8, 4) is 6.07 Å². The zero-order valence-electron chi connectivity index (χ0n) is 14.1. The van der Waals surface area contributed by atoms with Crippen LogP contribution in [0.15, 0.2) is 47.3 Å². The lowest BCUT2D eigenvalue weighted by Crippen LogP contribution is -2.25. The van der Waals surface area contributed by atoms with Crippen LogP contribution in [0.2, 0.25) is 5.15 Å². The molecular weight excluding hydrogens is 356 g/mol. The van der Waals surface area contributed by atoms with Crippen LogP contribution in [0, 0.1) is 11.3 Å². The second kappa shape index (κ2) is 7.02. The molecule has 2 heterocycles. The number of carbonyl (C=O) groups excluding carboxylic acids is 1. The summed E-state index contributed by atoms with van der Waals surface area (Å²) in [7, 11) is 0. The van der Waals surface area contributed by atoms with Crippen molar-refractivity contribution in [1.82, 2.24) is 9.97 Å². The van der Waals surface area contributed by atoms with Crippen LogP contribution in [0.5, 0.6) is 0 Å². The molecule has 0 fully saturated rings. The molecule has 3 rings (SSSR count). The molecule has 0 saturated heterocycles. The normalized spacial score (nSPS) is 17.1. The van der Waals surface area contributed by atoms with Gasteiger partial charge >= 0.3 is 5.97 Å². The fraction of sp³-hybridized carbons (Fsp3) is 0.222. The topological polar surface area (TPSA) is 111 Å². The number of nitriles is 1. The smallest absolute Gasteiger partial charge is 0.338 e. The van der Waals surface area contributed by atoms with Gasteiger partial charge in [0.1, 0.15) is 28.9 Å². The van der Waals surface area contributed by atoms with Gasteiger partial charge < -0.3 is 15.2 Å². The third-order valence-corrected chi connectivity index (χ3v) is 4.35. The van der Waals surface area contributed by atoms with Gasteiger partial charge in [0.15, 0.2) is 0 Å². The summed E-state index contributed by atoms with van der Waals surface area (Å²) in [5, 5.41) is 10.5. The minimum absolute atomic E-state index is 0.0430. The molecule has 8 heteroatoms. The Bertz CT molecular complexity index is 1010. The largest absolute Gasteiger partial charge is 0.463 e. The van der Waals surface area contributed by atoms with Crippen molar-refractivity contribution in [3.63, 3.8) is 0 Å². The Labute approximate surface area is 154 Å². The van der Waals surface area contributed by atoms with Crippen LogP contribution in [0.1, 0.15) is 25.3 Å². The molecule has 7 nitrogen and oxygen atoms in total. The van der Waals surface area contributed by atoms with Crippen molar-refractivity contribution in [1.29, 1.82) is 5.26 Å². The molecule has 132 valence electrons. The van der Waals surface area contributed by atoms with Crippen LogP contribution in [0.4, 0.5) is 0 Å². The molecule has 2 N–H and O–H groups in total. The molecule has 0 bridgehead atoms. The average molecular weight is 371 g/mol. The number of fused-ring (bicyclic) bond motifs is 1. The first-order valence-corrected chi connectivity index (χ1v) is 8.21. The zero-order chi connectivity index (χ0) is 18.8. The molecule has 2 aromatic rings. The number of esters is 1. The maximum Gasteiger partial charge on any atom is 0.338 e. The lowest BCUT2D eigenvalue weighted by molar-refractivity contribution is -0.139. The first-order valence-electron chi connectivity index (χ1n) is 7.83. The minimum Gasteiger partial charge on any atom is -0.463 e. The summed E-state index contributed by atoms with van der Waals surface area (Å²) >= 11 is 6.16. The van der Waals surface area contributed by atoms with Crippen molar-refractivity contribution in [2.24, 2.45) is 5.73 Å². The highest BCUT2D eigenvalue weighted by Crippen LogP contribution is 2.40. The van der Waals surface area contributed by atoms with Gasteiger partial charge in [-0.25, -0.2) is 14.8 Å². The van der Waals surface area contributed by atoms with Gasteiger partial charge in [-0.05, 0) is 31.5 Å². The number of nitrogens with zero attached hydrogens (tertiary/aromatic N) is 3. The Morgan fingerprint density at radius 3 is 2.92 bits per heavy atom. The van der Waals surface area contributed by atoms with Crippen LogP contribution in [0.3, 0.4) is 0 Å². The third-order valence-electron chi connectivity index (χ3n) is 4.05. The first-order chi connectivity index (χ1) is 12.5. The lowest BCUT2D eigenvalue weighted by atomic mass is 9.82. The lowest BCUT2D eigenvalue weighted by Gasteiger charge is -2.27. The summed E-state index contributed by atoms with van der Waals surface area (Å²) in [6, 6.07) is 7.29. The summed E-state index contributed by atoms with van der Waals surface area (Å²) in [5.41, 5.74) is 7.53. The Kier molecular flexibility index (Phi) is 4.78. The number of benzene rings is 1. The second-order valence-corrected chi connectivity index (χ2v) is 5.91. The SMILES string of the molecule is CCOC(=O)C1=C(C)OC(N)=C(C#N)C1c1ccc2ncnc(Cl)c2c1. The van der Waals surface area contributed by atoms with E-state index in [1.165, 1.54) is 6.33 Å². The molecule has 0 spiro atoms. The number of aromatic nitrogens is 2. The Balaban J connectivity index is 2.23. The van der Waals surface area contributed by atoms with E-state index in [2.05, 4.69) is 9.97 Å². The van der Waals surface area contributed by atoms with E-state index in [0.29, 0.717) is 22.2 Å². The van der Waals surface area contributed by atoms with E-state index in [1.807, 2.05) is 6.07 Å². The summed E-state index contributed by atoms with van der Waals surface area (Å²) in [6.07, 6.45) is 1.37. The van der Waals surface area contributed by atoms with Crippen LogP contribution < -0.4 is 5.73 Å². The van der Waals surface area contributed by atoms with Crippen molar-refractivity contribution in [2.45, 2.75) is 19.8 Å². The molecular formula is C18H15ClN4O3. The van der Waals surface area contributed by atoms with Gasteiger partial charge in [-0.3, -0.25) is 0 Å². The molecule has 0 saturated carbocycles. The van der Waals surface area contributed by atoms with Crippen molar-refractivity contribution < 1.29 is 14.3 Å². The highest BCUT2D eigenvalue weighted by molar-refractivity contribution is 6.34. The van der Waals surface area contributed by atoms with E-state index >= 15 is 0 Å². The van der Waals surface area contributed by atoms with Crippen LogP contribution in [0.25, 0.3) is 10.9 Å². The van der Waals surface area contributed by atoms with E-state index in [1.54, 1.807) is 32.0 Å². The number of allylic oxidation sites excluding steroid dienone is 2. The van der Waals surface area contributed by atoms with Gasteiger partial charge in [0.2, 0.25) is 5.88 Å². The number of nitrogens with two attached hydrogens (primary N) is 1. The second-order valence-electron chi connectivity index (χ2n) is 5.56. The van der Waals surface area contributed by atoms with Crippen molar-refractivity contribution in [2.75, 3.05) is 6.61 Å². The maximum absolute atomic E-state index is 12.5.